The average molecular weight is 312 g/mol. The molecule has 21 heavy (non-hydrogen) atoms. The van der Waals surface area contributed by atoms with Crippen molar-refractivity contribution in [2.45, 2.75) is 0 Å². The van der Waals surface area contributed by atoms with E-state index in [9.17, 15) is 18.4 Å². The number of carbonyl (C=O) groups is 2. The van der Waals surface area contributed by atoms with E-state index in [0.717, 1.165) is 24.3 Å². The van der Waals surface area contributed by atoms with Gasteiger partial charge >= 0.3 is 5.97 Å². The van der Waals surface area contributed by atoms with Gasteiger partial charge in [-0.15, -0.1) is 0 Å². The summed E-state index contributed by atoms with van der Waals surface area (Å²) in [6.07, 6.45) is 0. The maximum Gasteiger partial charge on any atom is 0.335 e. The summed E-state index contributed by atoms with van der Waals surface area (Å²) in [4.78, 5) is 22.5. The Kier molecular flexibility index (Phi) is 4.18. The van der Waals surface area contributed by atoms with Crippen molar-refractivity contribution in [3.63, 3.8) is 0 Å². The van der Waals surface area contributed by atoms with Gasteiger partial charge in [-0.3, -0.25) is 4.79 Å². The van der Waals surface area contributed by atoms with Crippen LogP contribution in [0.3, 0.4) is 0 Å². The number of anilines is 1. The van der Waals surface area contributed by atoms with E-state index in [-0.39, 0.29) is 21.8 Å². The zero-order chi connectivity index (χ0) is 15.6. The summed E-state index contributed by atoms with van der Waals surface area (Å²) in [5.74, 6) is -3.71. The van der Waals surface area contributed by atoms with E-state index >= 15 is 0 Å². The third kappa shape index (κ3) is 3.35. The lowest BCUT2D eigenvalue weighted by Gasteiger charge is -2.07. The quantitative estimate of drug-likeness (QED) is 0.910. The summed E-state index contributed by atoms with van der Waals surface area (Å²) in [7, 11) is 0. The smallest absolute Gasteiger partial charge is 0.335 e. The van der Waals surface area contributed by atoms with E-state index in [1.54, 1.807) is 0 Å². The summed E-state index contributed by atoms with van der Waals surface area (Å²) in [5.41, 5.74) is -0.498. The molecule has 0 spiro atoms. The highest BCUT2D eigenvalue weighted by atomic mass is 35.5. The molecule has 0 aliphatic heterocycles. The van der Waals surface area contributed by atoms with E-state index in [1.165, 1.54) is 12.1 Å². The minimum absolute atomic E-state index is 0.0430. The molecule has 2 aromatic rings. The van der Waals surface area contributed by atoms with Gasteiger partial charge in [0.15, 0.2) is 0 Å². The summed E-state index contributed by atoms with van der Waals surface area (Å²) in [6.45, 7) is 0. The molecule has 0 radical (unpaired) electrons. The Labute approximate surface area is 123 Å². The summed E-state index contributed by atoms with van der Waals surface area (Å²) in [6, 6.07) is 6.44. The van der Waals surface area contributed by atoms with Crippen LogP contribution in [0.25, 0.3) is 0 Å². The fraction of sp³-hybridized carbons (Fsp3) is 0. The normalized spacial score (nSPS) is 10.2. The van der Waals surface area contributed by atoms with Crippen molar-refractivity contribution < 1.29 is 23.5 Å². The molecule has 0 bridgehead atoms. The molecule has 0 unspecified atom stereocenters. The van der Waals surface area contributed by atoms with Crippen molar-refractivity contribution in [1.82, 2.24) is 0 Å². The number of carbonyl (C=O) groups excluding carboxylic acids is 1. The third-order valence-electron chi connectivity index (χ3n) is 2.65. The van der Waals surface area contributed by atoms with E-state index in [2.05, 4.69) is 5.32 Å². The van der Waals surface area contributed by atoms with Crippen molar-refractivity contribution in [2.75, 3.05) is 5.32 Å². The van der Waals surface area contributed by atoms with Crippen LogP contribution in [0, 0.1) is 11.6 Å². The first-order valence-corrected chi connectivity index (χ1v) is 6.05. The molecule has 2 rings (SSSR count). The zero-order valence-electron chi connectivity index (χ0n) is 10.4. The van der Waals surface area contributed by atoms with Gasteiger partial charge in [-0.25, -0.2) is 13.6 Å². The van der Waals surface area contributed by atoms with Crippen LogP contribution < -0.4 is 5.32 Å². The van der Waals surface area contributed by atoms with Crippen LogP contribution in [0.15, 0.2) is 36.4 Å². The van der Waals surface area contributed by atoms with Gasteiger partial charge in [-0.05, 0) is 36.4 Å². The van der Waals surface area contributed by atoms with Gasteiger partial charge in [0.25, 0.3) is 5.91 Å². The zero-order valence-corrected chi connectivity index (χ0v) is 11.1. The number of benzene rings is 2. The van der Waals surface area contributed by atoms with Gasteiger partial charge in [0, 0.05) is 5.56 Å². The third-order valence-corrected chi connectivity index (χ3v) is 2.95. The maximum absolute atomic E-state index is 13.7. The van der Waals surface area contributed by atoms with Gasteiger partial charge in [-0.2, -0.15) is 0 Å². The fourth-order valence-corrected chi connectivity index (χ4v) is 1.70. The van der Waals surface area contributed by atoms with Crippen molar-refractivity contribution >= 4 is 29.2 Å². The van der Waals surface area contributed by atoms with Gasteiger partial charge in [-0.1, -0.05) is 11.6 Å². The lowest BCUT2D eigenvalue weighted by Crippen LogP contribution is -2.13. The molecule has 0 heterocycles. The monoisotopic (exact) mass is 311 g/mol. The van der Waals surface area contributed by atoms with Crippen LogP contribution in [-0.4, -0.2) is 17.0 Å². The Balaban J connectivity index is 2.23. The number of hydrogen-bond donors (Lipinski definition) is 2. The van der Waals surface area contributed by atoms with Crippen LogP contribution >= 0.6 is 11.6 Å². The number of amides is 1. The number of nitrogens with one attached hydrogen (secondary N) is 1. The number of hydrogen-bond acceptors (Lipinski definition) is 2. The molecule has 1 amide bonds. The van der Waals surface area contributed by atoms with Crippen LogP contribution in [-0.2, 0) is 0 Å². The topological polar surface area (TPSA) is 66.4 Å². The van der Waals surface area contributed by atoms with Gasteiger partial charge in [0.05, 0.1) is 16.3 Å². The van der Waals surface area contributed by atoms with Crippen LogP contribution in [0.5, 0.6) is 0 Å². The Morgan fingerprint density at radius 1 is 1.00 bits per heavy atom. The first-order valence-electron chi connectivity index (χ1n) is 5.67. The second-order valence-corrected chi connectivity index (χ2v) is 4.49. The molecule has 0 fully saturated rings. The molecule has 108 valence electrons. The lowest BCUT2D eigenvalue weighted by molar-refractivity contribution is 0.0696. The van der Waals surface area contributed by atoms with E-state index < -0.39 is 23.5 Å². The molecule has 0 aromatic heterocycles. The Bertz CT molecular complexity index is 734. The number of aromatic carboxylic acids is 1. The van der Waals surface area contributed by atoms with Crippen LogP contribution in [0.1, 0.15) is 20.7 Å². The minimum atomic E-state index is -1.29. The molecule has 0 atom stereocenters. The minimum Gasteiger partial charge on any atom is -0.478 e. The van der Waals surface area contributed by atoms with E-state index in [4.69, 9.17) is 16.7 Å². The number of carboxylic acids is 1. The molecule has 4 nitrogen and oxygen atoms in total. The highest BCUT2D eigenvalue weighted by molar-refractivity contribution is 6.30. The lowest BCUT2D eigenvalue weighted by atomic mass is 10.1. The van der Waals surface area contributed by atoms with Gasteiger partial charge in [0.2, 0.25) is 0 Å². The number of carboxylic acid groups (broad SMARTS) is 1. The number of halogens is 3. The molecule has 0 aliphatic rings. The molecular weight excluding hydrogens is 304 g/mol. The standard InChI is InChI=1S/C14H8ClF2NO3/c15-9-3-1-7(5-10(9)16)13(19)18-12-4-2-8(14(20)21)6-11(12)17/h1-6H,(H,18,19)(H,20,21). The Morgan fingerprint density at radius 2 is 1.62 bits per heavy atom. The number of rotatable bonds is 3. The second-order valence-electron chi connectivity index (χ2n) is 4.08. The predicted octanol–water partition coefficient (Wildman–Crippen LogP) is 3.57. The van der Waals surface area contributed by atoms with Crippen molar-refractivity contribution in [2.24, 2.45) is 0 Å². The Hall–Kier alpha value is -2.47. The molecule has 0 saturated carbocycles. The Morgan fingerprint density at radius 3 is 2.19 bits per heavy atom. The summed E-state index contributed by atoms with van der Waals surface area (Å²) >= 11 is 5.50. The molecule has 0 aliphatic carbocycles. The van der Waals surface area contributed by atoms with Crippen LogP contribution in [0.4, 0.5) is 14.5 Å². The fourth-order valence-electron chi connectivity index (χ4n) is 1.58. The molecular formula is C14H8ClF2NO3. The predicted molar refractivity (Wildman–Crippen MR) is 72.7 cm³/mol. The first kappa shape index (κ1) is 14.9. The van der Waals surface area contributed by atoms with E-state index in [1.807, 2.05) is 0 Å². The molecule has 7 heteroatoms. The summed E-state index contributed by atoms with van der Waals surface area (Å²) in [5, 5.41) is 10.8. The first-order chi connectivity index (χ1) is 9.88. The highest BCUT2D eigenvalue weighted by Crippen LogP contribution is 2.19. The summed E-state index contributed by atoms with van der Waals surface area (Å²) < 4.78 is 26.9. The second kappa shape index (κ2) is 5.88. The molecule has 2 N–H and O–H groups in total. The maximum atomic E-state index is 13.7. The van der Waals surface area contributed by atoms with Crippen molar-refractivity contribution in [3.05, 3.63) is 64.2 Å². The largest absolute Gasteiger partial charge is 0.478 e. The van der Waals surface area contributed by atoms with Crippen LogP contribution in [0.2, 0.25) is 5.02 Å². The van der Waals surface area contributed by atoms with Gasteiger partial charge < -0.3 is 10.4 Å². The van der Waals surface area contributed by atoms with Crippen molar-refractivity contribution in [3.8, 4) is 0 Å². The SMILES string of the molecule is O=C(O)c1ccc(NC(=O)c2ccc(Cl)c(F)c2)c(F)c1. The van der Waals surface area contributed by atoms with Gasteiger partial charge in [0.1, 0.15) is 11.6 Å². The van der Waals surface area contributed by atoms with Crippen molar-refractivity contribution in [1.29, 1.82) is 0 Å². The average Bonchev–Trinajstić information content (AvgIpc) is 2.43. The molecule has 0 saturated heterocycles. The highest BCUT2D eigenvalue weighted by Gasteiger charge is 2.13. The van der Waals surface area contributed by atoms with E-state index in [0.29, 0.717) is 0 Å². The molecule has 2 aromatic carbocycles.